The number of fused-ring (bicyclic) bond motifs is 1. The molecule has 2 heterocycles. The summed E-state index contributed by atoms with van der Waals surface area (Å²) in [5, 5.41) is 0.693. The van der Waals surface area contributed by atoms with Gasteiger partial charge in [-0.15, -0.1) is 0 Å². The number of hydrogen-bond donors (Lipinski definition) is 0. The van der Waals surface area contributed by atoms with Crippen molar-refractivity contribution in [3.63, 3.8) is 0 Å². The number of nitrogens with zero attached hydrogens (tertiary/aromatic N) is 3. The summed E-state index contributed by atoms with van der Waals surface area (Å²) in [4.78, 5) is 9.06. The van der Waals surface area contributed by atoms with E-state index in [1.807, 2.05) is 18.2 Å². The van der Waals surface area contributed by atoms with E-state index in [-0.39, 0.29) is 0 Å². The maximum absolute atomic E-state index is 5.96. The molecule has 0 spiro atoms. The van der Waals surface area contributed by atoms with E-state index in [9.17, 15) is 0 Å². The van der Waals surface area contributed by atoms with Gasteiger partial charge in [-0.3, -0.25) is 0 Å². The monoisotopic (exact) mass is 265 g/mol. The van der Waals surface area contributed by atoms with Crippen molar-refractivity contribution < 1.29 is 4.42 Å². The SMILES string of the molecule is CN1CCCN(c2nc3cc(Cl)ccc3o2)CC1. The Kier molecular flexibility index (Phi) is 3.14. The number of anilines is 1. The van der Waals surface area contributed by atoms with Gasteiger partial charge in [0.2, 0.25) is 0 Å². The van der Waals surface area contributed by atoms with Gasteiger partial charge in [0.25, 0.3) is 6.01 Å². The van der Waals surface area contributed by atoms with Crippen LogP contribution in [0.4, 0.5) is 6.01 Å². The molecule has 5 heteroatoms. The summed E-state index contributed by atoms with van der Waals surface area (Å²) in [7, 11) is 2.15. The van der Waals surface area contributed by atoms with E-state index in [0.29, 0.717) is 11.0 Å². The lowest BCUT2D eigenvalue weighted by Crippen LogP contribution is -2.28. The van der Waals surface area contributed by atoms with E-state index in [0.717, 1.165) is 43.7 Å². The predicted molar refractivity (Wildman–Crippen MR) is 73.3 cm³/mol. The highest BCUT2D eigenvalue weighted by Crippen LogP contribution is 2.25. The minimum atomic E-state index is 0.693. The van der Waals surface area contributed by atoms with Crippen LogP contribution < -0.4 is 4.90 Å². The Labute approximate surface area is 111 Å². The molecule has 1 aromatic carbocycles. The van der Waals surface area contributed by atoms with Crippen molar-refractivity contribution in [3.05, 3.63) is 23.2 Å². The molecule has 0 amide bonds. The van der Waals surface area contributed by atoms with Gasteiger partial charge in [-0.25, -0.2) is 0 Å². The average Bonchev–Trinajstić information content (AvgIpc) is 2.63. The highest BCUT2D eigenvalue weighted by Gasteiger charge is 2.17. The average molecular weight is 266 g/mol. The van der Waals surface area contributed by atoms with E-state index in [4.69, 9.17) is 16.0 Å². The Balaban J connectivity index is 1.89. The quantitative estimate of drug-likeness (QED) is 0.794. The zero-order valence-corrected chi connectivity index (χ0v) is 11.2. The molecule has 0 saturated carbocycles. The summed E-state index contributed by atoms with van der Waals surface area (Å²) in [5.74, 6) is 0. The third kappa shape index (κ3) is 2.31. The van der Waals surface area contributed by atoms with Gasteiger partial charge in [0.1, 0.15) is 5.52 Å². The van der Waals surface area contributed by atoms with Gasteiger partial charge in [0.05, 0.1) is 0 Å². The number of oxazole rings is 1. The number of halogens is 1. The lowest BCUT2D eigenvalue weighted by atomic mass is 10.3. The molecular formula is C13H16ClN3O. The summed E-state index contributed by atoms with van der Waals surface area (Å²) in [5.41, 5.74) is 1.63. The molecule has 0 unspecified atom stereocenters. The summed E-state index contributed by atoms with van der Waals surface area (Å²) in [6.45, 7) is 4.12. The highest BCUT2D eigenvalue weighted by atomic mass is 35.5. The summed E-state index contributed by atoms with van der Waals surface area (Å²) < 4.78 is 5.79. The zero-order valence-electron chi connectivity index (χ0n) is 10.4. The molecule has 1 fully saturated rings. The Hall–Kier alpha value is -1.26. The maximum Gasteiger partial charge on any atom is 0.298 e. The normalized spacial score (nSPS) is 18.2. The fourth-order valence-electron chi connectivity index (χ4n) is 2.26. The van der Waals surface area contributed by atoms with Gasteiger partial charge in [0.15, 0.2) is 5.58 Å². The van der Waals surface area contributed by atoms with Crippen LogP contribution in [0.1, 0.15) is 6.42 Å². The molecular weight excluding hydrogens is 250 g/mol. The summed E-state index contributed by atoms with van der Waals surface area (Å²) in [6, 6.07) is 6.25. The summed E-state index contributed by atoms with van der Waals surface area (Å²) in [6.07, 6.45) is 1.13. The third-order valence-electron chi connectivity index (χ3n) is 3.33. The molecule has 3 rings (SSSR count). The van der Waals surface area contributed by atoms with Crippen molar-refractivity contribution in [1.29, 1.82) is 0 Å². The smallest absolute Gasteiger partial charge is 0.298 e. The van der Waals surface area contributed by atoms with Crippen molar-refractivity contribution in [3.8, 4) is 0 Å². The molecule has 4 nitrogen and oxygen atoms in total. The van der Waals surface area contributed by atoms with Crippen molar-refractivity contribution >= 4 is 28.7 Å². The first-order valence-corrected chi connectivity index (χ1v) is 6.60. The second kappa shape index (κ2) is 4.78. The third-order valence-corrected chi connectivity index (χ3v) is 3.56. The summed E-state index contributed by atoms with van der Waals surface area (Å²) >= 11 is 5.96. The second-order valence-corrected chi connectivity index (χ2v) is 5.19. The van der Waals surface area contributed by atoms with Gasteiger partial charge in [-0.05, 0) is 38.2 Å². The van der Waals surface area contributed by atoms with Crippen molar-refractivity contribution in [2.75, 3.05) is 38.1 Å². The lowest BCUT2D eigenvalue weighted by Gasteiger charge is -2.17. The molecule has 0 bridgehead atoms. The van der Waals surface area contributed by atoms with Gasteiger partial charge in [0, 0.05) is 24.7 Å². The molecule has 0 aliphatic carbocycles. The van der Waals surface area contributed by atoms with Crippen LogP contribution in [0, 0.1) is 0 Å². The number of likely N-dealkylation sites (N-methyl/N-ethyl adjacent to an activating group) is 1. The molecule has 1 aromatic heterocycles. The molecule has 0 radical (unpaired) electrons. The van der Waals surface area contributed by atoms with Gasteiger partial charge < -0.3 is 14.2 Å². The largest absolute Gasteiger partial charge is 0.423 e. The van der Waals surface area contributed by atoms with Crippen LogP contribution in [-0.2, 0) is 0 Å². The molecule has 96 valence electrons. The van der Waals surface area contributed by atoms with Crippen LogP contribution in [0.15, 0.2) is 22.6 Å². The van der Waals surface area contributed by atoms with E-state index in [1.54, 1.807) is 0 Å². The van der Waals surface area contributed by atoms with Crippen molar-refractivity contribution in [1.82, 2.24) is 9.88 Å². The standard InChI is InChI=1S/C13H16ClN3O/c1-16-5-2-6-17(8-7-16)13-15-11-9-10(14)3-4-12(11)18-13/h3-4,9H,2,5-8H2,1H3. The van der Waals surface area contributed by atoms with Gasteiger partial charge in [-0.1, -0.05) is 11.6 Å². The number of rotatable bonds is 1. The van der Waals surface area contributed by atoms with Crippen LogP contribution in [0.25, 0.3) is 11.1 Å². The van der Waals surface area contributed by atoms with E-state index < -0.39 is 0 Å². The first kappa shape index (κ1) is 11.8. The fraction of sp³-hybridized carbons (Fsp3) is 0.462. The Morgan fingerprint density at radius 1 is 1.22 bits per heavy atom. The van der Waals surface area contributed by atoms with Crippen LogP contribution in [0.3, 0.4) is 0 Å². The lowest BCUT2D eigenvalue weighted by molar-refractivity contribution is 0.359. The molecule has 1 saturated heterocycles. The van der Waals surface area contributed by atoms with Gasteiger partial charge in [-0.2, -0.15) is 4.98 Å². The fourth-order valence-corrected chi connectivity index (χ4v) is 2.43. The number of hydrogen-bond acceptors (Lipinski definition) is 4. The number of aromatic nitrogens is 1. The van der Waals surface area contributed by atoms with Crippen LogP contribution in [0.5, 0.6) is 0 Å². The Morgan fingerprint density at radius 3 is 3.00 bits per heavy atom. The molecule has 18 heavy (non-hydrogen) atoms. The van der Waals surface area contributed by atoms with Gasteiger partial charge >= 0.3 is 0 Å². The van der Waals surface area contributed by atoms with Crippen molar-refractivity contribution in [2.45, 2.75) is 6.42 Å². The number of benzene rings is 1. The molecule has 2 aromatic rings. The highest BCUT2D eigenvalue weighted by molar-refractivity contribution is 6.31. The zero-order chi connectivity index (χ0) is 12.5. The maximum atomic E-state index is 5.96. The Morgan fingerprint density at radius 2 is 2.11 bits per heavy atom. The van der Waals surface area contributed by atoms with Crippen LogP contribution in [-0.4, -0.2) is 43.1 Å². The minimum Gasteiger partial charge on any atom is -0.423 e. The second-order valence-electron chi connectivity index (χ2n) is 4.75. The first-order valence-electron chi connectivity index (χ1n) is 6.22. The Bertz CT molecular complexity index is 554. The van der Waals surface area contributed by atoms with Crippen LogP contribution >= 0.6 is 11.6 Å². The first-order chi connectivity index (χ1) is 8.72. The molecule has 0 N–H and O–H groups in total. The van der Waals surface area contributed by atoms with E-state index >= 15 is 0 Å². The van der Waals surface area contributed by atoms with E-state index in [1.165, 1.54) is 0 Å². The van der Waals surface area contributed by atoms with Crippen molar-refractivity contribution in [2.24, 2.45) is 0 Å². The molecule has 0 atom stereocenters. The van der Waals surface area contributed by atoms with Crippen LogP contribution in [0.2, 0.25) is 5.02 Å². The topological polar surface area (TPSA) is 32.5 Å². The van der Waals surface area contributed by atoms with E-state index in [2.05, 4.69) is 21.8 Å². The predicted octanol–water partition coefficient (Wildman–Crippen LogP) is 2.62. The molecule has 1 aliphatic heterocycles. The minimum absolute atomic E-state index is 0.693. The molecule has 1 aliphatic rings.